The summed E-state index contributed by atoms with van der Waals surface area (Å²) in [6.07, 6.45) is 0. The molecule has 6 nitrogen and oxygen atoms in total. The summed E-state index contributed by atoms with van der Waals surface area (Å²) in [4.78, 5) is 12.8. The average molecular weight is 425 g/mol. The molecule has 0 atom stereocenters. The quantitative estimate of drug-likeness (QED) is 0.627. The van der Waals surface area contributed by atoms with Crippen molar-refractivity contribution in [1.29, 1.82) is 0 Å². The summed E-state index contributed by atoms with van der Waals surface area (Å²) in [5.41, 5.74) is 2.66. The minimum absolute atomic E-state index is 0.198. The van der Waals surface area contributed by atoms with Gasteiger partial charge in [0.05, 0.1) is 17.7 Å². The molecule has 0 saturated carbocycles. The Morgan fingerprint density at radius 3 is 2.40 bits per heavy atom. The standard InChI is InChI=1S/C23H24N2O4S/c1-17-10-12-22(13-11-17)30(27,28)25(2)20-8-5-7-19(15-20)23(26)24-16-18-6-4-9-21(14-18)29-3/h4-15H,16H2,1-3H3,(H,24,26). The SMILES string of the molecule is COc1cccc(CNC(=O)c2cccc(N(C)S(=O)(=O)c3ccc(C)cc3)c2)c1. The van der Waals surface area contributed by atoms with Crippen molar-refractivity contribution in [1.82, 2.24) is 5.32 Å². The Kier molecular flexibility index (Phi) is 6.42. The normalized spacial score (nSPS) is 11.0. The summed E-state index contributed by atoms with van der Waals surface area (Å²) in [6.45, 7) is 2.23. The van der Waals surface area contributed by atoms with Crippen molar-refractivity contribution in [2.45, 2.75) is 18.4 Å². The Bertz CT molecular complexity index is 1140. The van der Waals surface area contributed by atoms with Gasteiger partial charge in [-0.25, -0.2) is 8.42 Å². The highest BCUT2D eigenvalue weighted by atomic mass is 32.2. The lowest BCUT2D eigenvalue weighted by Gasteiger charge is -2.20. The topological polar surface area (TPSA) is 75.7 Å². The minimum Gasteiger partial charge on any atom is -0.497 e. The molecule has 30 heavy (non-hydrogen) atoms. The zero-order valence-corrected chi connectivity index (χ0v) is 17.9. The van der Waals surface area contributed by atoms with Gasteiger partial charge in [-0.1, -0.05) is 35.9 Å². The van der Waals surface area contributed by atoms with Crippen molar-refractivity contribution in [2.24, 2.45) is 0 Å². The molecule has 0 aliphatic rings. The number of amides is 1. The van der Waals surface area contributed by atoms with Crippen LogP contribution in [0.5, 0.6) is 5.75 Å². The molecule has 0 aromatic heterocycles. The number of aryl methyl sites for hydroxylation is 1. The Hall–Kier alpha value is -3.32. The van der Waals surface area contributed by atoms with E-state index in [1.54, 1.807) is 55.6 Å². The molecule has 0 aliphatic heterocycles. The van der Waals surface area contributed by atoms with Gasteiger partial charge in [-0.3, -0.25) is 9.10 Å². The van der Waals surface area contributed by atoms with E-state index in [0.717, 1.165) is 11.1 Å². The van der Waals surface area contributed by atoms with E-state index in [-0.39, 0.29) is 10.8 Å². The van der Waals surface area contributed by atoms with Crippen LogP contribution in [0.3, 0.4) is 0 Å². The molecule has 7 heteroatoms. The molecular formula is C23H24N2O4S. The summed E-state index contributed by atoms with van der Waals surface area (Å²) >= 11 is 0. The number of rotatable bonds is 7. The number of sulfonamides is 1. The van der Waals surface area contributed by atoms with E-state index < -0.39 is 10.0 Å². The fourth-order valence-electron chi connectivity index (χ4n) is 2.92. The van der Waals surface area contributed by atoms with Crippen LogP contribution >= 0.6 is 0 Å². The maximum absolute atomic E-state index is 12.9. The van der Waals surface area contributed by atoms with Crippen LogP contribution in [0.1, 0.15) is 21.5 Å². The van der Waals surface area contributed by atoms with Crippen LogP contribution in [0.2, 0.25) is 0 Å². The highest BCUT2D eigenvalue weighted by molar-refractivity contribution is 7.92. The summed E-state index contributed by atoms with van der Waals surface area (Å²) in [5.74, 6) is 0.424. The predicted molar refractivity (Wildman–Crippen MR) is 117 cm³/mol. The van der Waals surface area contributed by atoms with Crippen molar-refractivity contribution in [3.63, 3.8) is 0 Å². The zero-order valence-electron chi connectivity index (χ0n) is 17.1. The van der Waals surface area contributed by atoms with Gasteiger partial charge in [0.15, 0.2) is 0 Å². The van der Waals surface area contributed by atoms with E-state index in [1.807, 2.05) is 31.2 Å². The van der Waals surface area contributed by atoms with E-state index in [0.29, 0.717) is 23.5 Å². The van der Waals surface area contributed by atoms with Gasteiger partial charge in [-0.05, 0) is 55.0 Å². The Balaban J connectivity index is 1.76. The third-order valence-electron chi connectivity index (χ3n) is 4.74. The van der Waals surface area contributed by atoms with Crippen molar-refractivity contribution in [3.8, 4) is 5.75 Å². The highest BCUT2D eigenvalue weighted by Crippen LogP contribution is 2.23. The fourth-order valence-corrected chi connectivity index (χ4v) is 4.10. The molecule has 3 aromatic carbocycles. The van der Waals surface area contributed by atoms with Crippen LogP contribution in [0.15, 0.2) is 77.7 Å². The molecule has 0 spiro atoms. The van der Waals surface area contributed by atoms with E-state index in [2.05, 4.69) is 5.32 Å². The first-order valence-corrected chi connectivity index (χ1v) is 10.8. The number of anilines is 1. The molecule has 1 amide bonds. The van der Waals surface area contributed by atoms with Crippen LogP contribution in [0.4, 0.5) is 5.69 Å². The number of hydrogen-bond donors (Lipinski definition) is 1. The molecule has 3 rings (SSSR count). The number of ether oxygens (including phenoxy) is 1. The van der Waals surface area contributed by atoms with Gasteiger partial charge in [-0.2, -0.15) is 0 Å². The number of hydrogen-bond acceptors (Lipinski definition) is 4. The van der Waals surface area contributed by atoms with Crippen LogP contribution < -0.4 is 14.4 Å². The maximum Gasteiger partial charge on any atom is 0.264 e. The summed E-state index contributed by atoms with van der Waals surface area (Å²) in [7, 11) is -0.664. The highest BCUT2D eigenvalue weighted by Gasteiger charge is 2.21. The average Bonchev–Trinajstić information content (AvgIpc) is 2.77. The molecule has 1 N–H and O–H groups in total. The van der Waals surface area contributed by atoms with Crippen molar-refractivity contribution >= 4 is 21.6 Å². The monoisotopic (exact) mass is 424 g/mol. The Labute approximate surface area is 177 Å². The molecule has 156 valence electrons. The van der Waals surface area contributed by atoms with Crippen LogP contribution in [-0.2, 0) is 16.6 Å². The predicted octanol–water partition coefficient (Wildman–Crippen LogP) is 3.76. The van der Waals surface area contributed by atoms with Gasteiger partial charge in [0.1, 0.15) is 5.75 Å². The largest absolute Gasteiger partial charge is 0.497 e. The number of methoxy groups -OCH3 is 1. The Morgan fingerprint density at radius 2 is 1.70 bits per heavy atom. The third-order valence-corrected chi connectivity index (χ3v) is 6.54. The van der Waals surface area contributed by atoms with Crippen LogP contribution in [0, 0.1) is 6.92 Å². The summed E-state index contributed by atoms with van der Waals surface area (Å²) in [5, 5.41) is 2.85. The van der Waals surface area contributed by atoms with Gasteiger partial charge >= 0.3 is 0 Å². The molecular weight excluding hydrogens is 400 g/mol. The van der Waals surface area contributed by atoms with E-state index in [1.165, 1.54) is 11.4 Å². The van der Waals surface area contributed by atoms with E-state index >= 15 is 0 Å². The van der Waals surface area contributed by atoms with Gasteiger partial charge in [0.2, 0.25) is 0 Å². The zero-order chi connectivity index (χ0) is 21.7. The molecule has 0 bridgehead atoms. The first-order valence-electron chi connectivity index (χ1n) is 9.38. The minimum atomic E-state index is -3.73. The molecule has 0 fully saturated rings. The van der Waals surface area contributed by atoms with E-state index in [4.69, 9.17) is 4.74 Å². The van der Waals surface area contributed by atoms with Crippen molar-refractivity contribution < 1.29 is 17.9 Å². The van der Waals surface area contributed by atoms with Gasteiger partial charge in [-0.15, -0.1) is 0 Å². The van der Waals surface area contributed by atoms with Crippen molar-refractivity contribution in [3.05, 3.63) is 89.5 Å². The second kappa shape index (κ2) is 9.00. The second-order valence-electron chi connectivity index (χ2n) is 6.87. The number of carbonyl (C=O) groups excluding carboxylic acids is 1. The first kappa shape index (κ1) is 21.4. The van der Waals surface area contributed by atoms with Gasteiger partial charge < -0.3 is 10.1 Å². The molecule has 0 radical (unpaired) electrons. The number of nitrogens with zero attached hydrogens (tertiary/aromatic N) is 1. The number of nitrogens with one attached hydrogen (secondary N) is 1. The molecule has 0 saturated heterocycles. The smallest absolute Gasteiger partial charge is 0.264 e. The lowest BCUT2D eigenvalue weighted by atomic mass is 10.1. The Morgan fingerprint density at radius 1 is 1.00 bits per heavy atom. The van der Waals surface area contributed by atoms with Crippen LogP contribution in [-0.4, -0.2) is 28.5 Å². The third kappa shape index (κ3) is 4.80. The van der Waals surface area contributed by atoms with E-state index in [9.17, 15) is 13.2 Å². The molecule has 3 aromatic rings. The van der Waals surface area contributed by atoms with Crippen molar-refractivity contribution in [2.75, 3.05) is 18.5 Å². The molecule has 0 unspecified atom stereocenters. The molecule has 0 aliphatic carbocycles. The number of benzene rings is 3. The van der Waals surface area contributed by atoms with Crippen LogP contribution in [0.25, 0.3) is 0 Å². The summed E-state index contributed by atoms with van der Waals surface area (Å²) < 4.78 is 32.2. The lowest BCUT2D eigenvalue weighted by Crippen LogP contribution is -2.27. The second-order valence-corrected chi connectivity index (χ2v) is 8.84. The molecule has 0 heterocycles. The lowest BCUT2D eigenvalue weighted by molar-refractivity contribution is 0.0951. The first-order chi connectivity index (χ1) is 14.3. The van der Waals surface area contributed by atoms with Gasteiger partial charge in [0.25, 0.3) is 15.9 Å². The maximum atomic E-state index is 12.9. The fraction of sp³-hybridized carbons (Fsp3) is 0.174. The number of carbonyl (C=O) groups is 1. The summed E-state index contributed by atoms with van der Waals surface area (Å²) in [6, 6.07) is 20.6. The van der Waals surface area contributed by atoms with Gasteiger partial charge in [0, 0.05) is 19.2 Å².